The summed E-state index contributed by atoms with van der Waals surface area (Å²) in [5.74, 6) is 0.633. The molecule has 4 rings (SSSR count). The second kappa shape index (κ2) is 7.51. The number of ether oxygens (including phenoxy) is 1. The molecular weight excluding hydrogens is 384 g/mol. The van der Waals surface area contributed by atoms with Crippen LogP contribution in [-0.4, -0.2) is 16.6 Å². The predicted molar refractivity (Wildman–Crippen MR) is 119 cm³/mol. The van der Waals surface area contributed by atoms with Crippen molar-refractivity contribution in [3.63, 3.8) is 0 Å². The first-order valence-corrected chi connectivity index (χ1v) is 10.5. The van der Waals surface area contributed by atoms with Gasteiger partial charge >= 0.3 is 0 Å². The van der Waals surface area contributed by atoms with E-state index in [4.69, 9.17) is 22.1 Å². The maximum Gasteiger partial charge on any atom is 0.255 e. The zero-order valence-corrected chi connectivity index (χ0v) is 17.6. The van der Waals surface area contributed by atoms with Crippen LogP contribution in [0.25, 0.3) is 10.8 Å². The average molecular weight is 411 g/mol. The third-order valence-electron chi connectivity index (χ3n) is 6.47. The first-order chi connectivity index (χ1) is 13.8. The molecule has 1 fully saturated rings. The molecule has 0 aliphatic heterocycles. The van der Waals surface area contributed by atoms with E-state index in [1.807, 2.05) is 18.2 Å². The zero-order chi connectivity index (χ0) is 20.6. The van der Waals surface area contributed by atoms with Crippen LogP contribution in [0.2, 0.25) is 5.02 Å². The number of pyridine rings is 1. The van der Waals surface area contributed by atoms with E-state index in [2.05, 4.69) is 43.1 Å². The van der Waals surface area contributed by atoms with E-state index in [1.54, 1.807) is 12.3 Å². The number of aromatic amines is 1. The number of hydrogen-bond acceptors (Lipinski definition) is 3. The fourth-order valence-electron chi connectivity index (χ4n) is 4.72. The molecule has 0 radical (unpaired) electrons. The van der Waals surface area contributed by atoms with Crippen LogP contribution in [0.3, 0.4) is 0 Å². The second-order valence-electron chi connectivity index (χ2n) is 8.66. The molecule has 5 heteroatoms. The number of aromatic nitrogens is 1. The van der Waals surface area contributed by atoms with Gasteiger partial charge in [-0.15, -0.1) is 0 Å². The van der Waals surface area contributed by atoms with Crippen LogP contribution in [0.1, 0.15) is 45.1 Å². The van der Waals surface area contributed by atoms with Crippen molar-refractivity contribution in [3.8, 4) is 5.75 Å². The summed E-state index contributed by atoms with van der Waals surface area (Å²) < 4.78 is 6.29. The van der Waals surface area contributed by atoms with E-state index in [0.717, 1.165) is 31.1 Å². The number of benzene rings is 2. The molecule has 1 aromatic heterocycles. The first kappa shape index (κ1) is 20.0. The molecule has 4 nitrogen and oxygen atoms in total. The number of hydrogen-bond donors (Lipinski definition) is 2. The van der Waals surface area contributed by atoms with Gasteiger partial charge < -0.3 is 15.5 Å². The first-order valence-electron chi connectivity index (χ1n) is 10.1. The minimum absolute atomic E-state index is 0.0748. The number of H-pyrrole nitrogens is 1. The molecule has 0 amide bonds. The summed E-state index contributed by atoms with van der Waals surface area (Å²) in [5.41, 5.74) is 7.43. The van der Waals surface area contributed by atoms with Gasteiger partial charge in [-0.25, -0.2) is 0 Å². The Balaban J connectivity index is 1.56. The Morgan fingerprint density at radius 1 is 1.14 bits per heavy atom. The van der Waals surface area contributed by atoms with Crippen LogP contribution in [0.15, 0.2) is 59.5 Å². The minimum Gasteiger partial charge on any atom is -0.489 e. The third kappa shape index (κ3) is 3.67. The number of fused-ring (bicyclic) bond motifs is 1. The Kier molecular flexibility index (Phi) is 5.18. The fraction of sp³-hybridized carbons (Fsp3) is 0.375. The number of halogens is 1. The Hall–Kier alpha value is -2.30. The van der Waals surface area contributed by atoms with E-state index in [1.165, 1.54) is 5.56 Å². The maximum absolute atomic E-state index is 12.0. The normalized spacial score (nSPS) is 22.6. The van der Waals surface area contributed by atoms with Crippen molar-refractivity contribution in [2.45, 2.75) is 56.6 Å². The van der Waals surface area contributed by atoms with Crippen LogP contribution in [0, 0.1) is 0 Å². The number of nitrogens with two attached hydrogens (primary N) is 1. The van der Waals surface area contributed by atoms with Crippen molar-refractivity contribution in [1.29, 1.82) is 0 Å². The lowest BCUT2D eigenvalue weighted by molar-refractivity contribution is 0.0850. The second-order valence-corrected chi connectivity index (χ2v) is 9.07. The van der Waals surface area contributed by atoms with Crippen molar-refractivity contribution in [2.75, 3.05) is 0 Å². The molecule has 0 bridgehead atoms. The summed E-state index contributed by atoms with van der Waals surface area (Å²) >= 11 is 6.42. The van der Waals surface area contributed by atoms with E-state index in [9.17, 15) is 4.79 Å². The Morgan fingerprint density at radius 3 is 2.48 bits per heavy atom. The predicted octanol–water partition coefficient (Wildman–Crippen LogP) is 5.18. The zero-order valence-electron chi connectivity index (χ0n) is 16.9. The number of rotatable bonds is 4. The van der Waals surface area contributed by atoms with Gasteiger partial charge in [-0.2, -0.15) is 0 Å². The van der Waals surface area contributed by atoms with Gasteiger partial charge in [0.1, 0.15) is 5.75 Å². The molecule has 2 aromatic carbocycles. The van der Waals surface area contributed by atoms with Crippen molar-refractivity contribution >= 4 is 22.4 Å². The fourth-order valence-corrected chi connectivity index (χ4v) is 4.93. The highest BCUT2D eigenvalue weighted by atomic mass is 35.5. The van der Waals surface area contributed by atoms with Gasteiger partial charge in [0.25, 0.3) is 5.56 Å². The third-order valence-corrected chi connectivity index (χ3v) is 6.76. The van der Waals surface area contributed by atoms with Crippen molar-refractivity contribution in [2.24, 2.45) is 5.73 Å². The van der Waals surface area contributed by atoms with Crippen LogP contribution in [-0.2, 0) is 5.41 Å². The summed E-state index contributed by atoms with van der Waals surface area (Å²) in [6.07, 6.45) is 5.43. The lowest BCUT2D eigenvalue weighted by Crippen LogP contribution is -2.56. The van der Waals surface area contributed by atoms with Crippen LogP contribution in [0.4, 0.5) is 0 Å². The minimum atomic E-state index is -0.332. The van der Waals surface area contributed by atoms with Gasteiger partial charge in [-0.1, -0.05) is 41.9 Å². The van der Waals surface area contributed by atoms with Crippen molar-refractivity contribution in [1.82, 2.24) is 4.98 Å². The molecule has 0 atom stereocenters. The van der Waals surface area contributed by atoms with E-state index in [0.29, 0.717) is 16.2 Å². The SMILES string of the molecule is CC(C)(N)[C@]1(c2ccccc2)CC[C@@H](Oc2cc3cc[nH]c(=O)c3cc2Cl)CC1. The molecule has 0 saturated heterocycles. The van der Waals surface area contributed by atoms with E-state index in [-0.39, 0.29) is 22.6 Å². The summed E-state index contributed by atoms with van der Waals surface area (Å²) in [6.45, 7) is 4.25. The van der Waals surface area contributed by atoms with Gasteiger partial charge in [0.2, 0.25) is 0 Å². The Morgan fingerprint density at radius 2 is 1.83 bits per heavy atom. The van der Waals surface area contributed by atoms with Crippen molar-refractivity contribution in [3.05, 3.63) is 75.7 Å². The van der Waals surface area contributed by atoms with Crippen LogP contribution < -0.4 is 16.0 Å². The monoisotopic (exact) mass is 410 g/mol. The average Bonchev–Trinajstić information content (AvgIpc) is 2.70. The largest absolute Gasteiger partial charge is 0.489 e. The molecule has 1 heterocycles. The molecule has 3 N–H and O–H groups in total. The lowest BCUT2D eigenvalue weighted by atomic mass is 9.59. The highest BCUT2D eigenvalue weighted by Gasteiger charge is 2.46. The molecule has 0 spiro atoms. The molecular formula is C24H27ClN2O2. The molecule has 1 aliphatic rings. The van der Waals surface area contributed by atoms with Gasteiger partial charge in [0, 0.05) is 22.5 Å². The van der Waals surface area contributed by atoms with E-state index >= 15 is 0 Å². The van der Waals surface area contributed by atoms with Gasteiger partial charge in [0.15, 0.2) is 0 Å². The standard InChI is InChI=1S/C24H27ClN2O2/c1-23(2,26)24(17-6-4-3-5-7-17)11-8-18(9-12-24)29-21-14-16-10-13-27-22(28)19(16)15-20(21)25/h3-7,10,13-15,18H,8-9,11-12,26H2,1-2H3,(H,27,28)/t18-,24-. The molecule has 0 unspecified atom stereocenters. The quantitative estimate of drug-likeness (QED) is 0.622. The molecule has 1 saturated carbocycles. The molecule has 29 heavy (non-hydrogen) atoms. The molecule has 3 aromatic rings. The van der Waals surface area contributed by atoms with Crippen molar-refractivity contribution < 1.29 is 4.74 Å². The van der Waals surface area contributed by atoms with Gasteiger partial charge in [-0.3, -0.25) is 4.79 Å². The van der Waals surface area contributed by atoms with Gasteiger partial charge in [0.05, 0.1) is 11.1 Å². The summed E-state index contributed by atoms with van der Waals surface area (Å²) in [4.78, 5) is 14.6. The Labute approximate surface area is 176 Å². The summed E-state index contributed by atoms with van der Waals surface area (Å²) in [7, 11) is 0. The smallest absolute Gasteiger partial charge is 0.255 e. The van der Waals surface area contributed by atoms with E-state index < -0.39 is 0 Å². The van der Waals surface area contributed by atoms with Gasteiger partial charge in [-0.05, 0) is 68.7 Å². The summed E-state index contributed by atoms with van der Waals surface area (Å²) in [6, 6.07) is 16.0. The van der Waals surface area contributed by atoms with Crippen LogP contribution in [0.5, 0.6) is 5.75 Å². The summed E-state index contributed by atoms with van der Waals surface area (Å²) in [5, 5.41) is 1.86. The molecule has 152 valence electrons. The molecule has 1 aliphatic carbocycles. The number of nitrogens with one attached hydrogen (secondary N) is 1. The lowest BCUT2D eigenvalue weighted by Gasteiger charge is -2.49. The van der Waals surface area contributed by atoms with Crippen LogP contribution >= 0.6 is 11.6 Å². The highest BCUT2D eigenvalue weighted by molar-refractivity contribution is 6.32. The maximum atomic E-state index is 12.0. The topological polar surface area (TPSA) is 68.1 Å². The highest BCUT2D eigenvalue weighted by Crippen LogP contribution is 2.47. The Bertz CT molecular complexity index is 1060.